The van der Waals surface area contributed by atoms with E-state index in [0.29, 0.717) is 17.4 Å². The second kappa shape index (κ2) is 8.71. The average molecular weight is 293 g/mol. The van der Waals surface area contributed by atoms with E-state index in [1.54, 1.807) is 0 Å². The Morgan fingerprint density at radius 3 is 2.70 bits per heavy atom. The zero-order chi connectivity index (χ0) is 14.2. The van der Waals surface area contributed by atoms with Crippen molar-refractivity contribution in [3.05, 3.63) is 35.9 Å². The number of rotatable bonds is 8. The van der Waals surface area contributed by atoms with Crippen LogP contribution in [0, 0.1) is 0 Å². The van der Waals surface area contributed by atoms with Gasteiger partial charge in [-0.25, -0.2) is 0 Å². The van der Waals surface area contributed by atoms with Crippen LogP contribution in [0.4, 0.5) is 0 Å². The first-order valence-corrected chi connectivity index (χ1v) is 8.91. The Morgan fingerprint density at radius 1 is 1.30 bits per heavy atom. The van der Waals surface area contributed by atoms with Crippen LogP contribution in [-0.2, 0) is 4.74 Å². The summed E-state index contributed by atoms with van der Waals surface area (Å²) < 4.78 is 5.75. The van der Waals surface area contributed by atoms with Crippen LogP contribution in [-0.4, -0.2) is 30.3 Å². The molecule has 3 atom stereocenters. The minimum atomic E-state index is 0.442. The second-order valence-electron chi connectivity index (χ2n) is 5.36. The Morgan fingerprint density at radius 2 is 2.10 bits per heavy atom. The highest BCUT2D eigenvalue weighted by Gasteiger charge is 2.24. The predicted octanol–water partition coefficient (Wildman–Crippen LogP) is 4.03. The van der Waals surface area contributed by atoms with Gasteiger partial charge in [0.25, 0.3) is 0 Å². The first-order valence-electron chi connectivity index (χ1n) is 7.86. The Balaban J connectivity index is 1.97. The lowest BCUT2D eigenvalue weighted by molar-refractivity contribution is 0.128. The molecule has 1 aliphatic heterocycles. The molecular weight excluding hydrogens is 266 g/mol. The molecule has 2 rings (SSSR count). The van der Waals surface area contributed by atoms with Gasteiger partial charge in [-0.15, -0.1) is 0 Å². The third-order valence-electron chi connectivity index (χ3n) is 3.88. The van der Waals surface area contributed by atoms with Gasteiger partial charge in [-0.1, -0.05) is 44.2 Å². The number of hydrogen-bond donors (Lipinski definition) is 1. The summed E-state index contributed by atoms with van der Waals surface area (Å²) in [5.41, 5.74) is 1.40. The molecule has 3 heteroatoms. The third kappa shape index (κ3) is 4.51. The summed E-state index contributed by atoms with van der Waals surface area (Å²) >= 11 is 2.07. The van der Waals surface area contributed by atoms with E-state index in [4.69, 9.17) is 4.74 Å². The quantitative estimate of drug-likeness (QED) is 0.782. The van der Waals surface area contributed by atoms with Gasteiger partial charge in [-0.05, 0) is 31.4 Å². The molecular formula is C17H27NOS. The van der Waals surface area contributed by atoms with Crippen molar-refractivity contribution in [2.24, 2.45) is 0 Å². The minimum absolute atomic E-state index is 0.442. The summed E-state index contributed by atoms with van der Waals surface area (Å²) in [6.45, 7) is 6.45. The van der Waals surface area contributed by atoms with Crippen molar-refractivity contribution in [2.75, 3.05) is 18.9 Å². The van der Waals surface area contributed by atoms with Crippen molar-refractivity contribution >= 4 is 11.8 Å². The maximum atomic E-state index is 5.75. The van der Waals surface area contributed by atoms with Crippen LogP contribution in [0.5, 0.6) is 0 Å². The van der Waals surface area contributed by atoms with Gasteiger partial charge in [0.15, 0.2) is 0 Å². The highest BCUT2D eigenvalue weighted by Crippen LogP contribution is 2.31. The fourth-order valence-electron chi connectivity index (χ4n) is 2.80. The van der Waals surface area contributed by atoms with Crippen molar-refractivity contribution in [2.45, 2.75) is 50.5 Å². The Bertz CT molecular complexity index is 365. The number of hydrogen-bond acceptors (Lipinski definition) is 3. The van der Waals surface area contributed by atoms with Gasteiger partial charge in [0.2, 0.25) is 0 Å². The average Bonchev–Trinajstić information content (AvgIpc) is 3.01. The fraction of sp³-hybridized carbons (Fsp3) is 0.647. The lowest BCUT2D eigenvalue weighted by atomic mass is 10.0. The largest absolute Gasteiger partial charge is 0.377 e. The normalized spacial score (nSPS) is 21.8. The van der Waals surface area contributed by atoms with Gasteiger partial charge in [0, 0.05) is 23.7 Å². The summed E-state index contributed by atoms with van der Waals surface area (Å²) in [6.07, 6.45) is 4.13. The highest BCUT2D eigenvalue weighted by atomic mass is 32.2. The van der Waals surface area contributed by atoms with E-state index < -0.39 is 0 Å². The summed E-state index contributed by atoms with van der Waals surface area (Å²) in [7, 11) is 0. The number of benzene rings is 1. The topological polar surface area (TPSA) is 21.3 Å². The molecule has 1 saturated heterocycles. The molecule has 0 saturated carbocycles. The molecule has 0 bridgehead atoms. The molecule has 0 radical (unpaired) electrons. The van der Waals surface area contributed by atoms with Gasteiger partial charge in [-0.3, -0.25) is 0 Å². The zero-order valence-electron chi connectivity index (χ0n) is 12.7. The standard InChI is InChI=1S/C17H27NOS/c1-3-16(20-13-15-11-8-12-19-15)17(18-4-2)14-9-6-5-7-10-14/h5-7,9-10,15-18H,3-4,8,11-13H2,1-2H3. The summed E-state index contributed by atoms with van der Waals surface area (Å²) in [6, 6.07) is 11.3. The van der Waals surface area contributed by atoms with Crippen LogP contribution in [0.1, 0.15) is 44.7 Å². The van der Waals surface area contributed by atoms with Crippen LogP contribution in [0.25, 0.3) is 0 Å². The van der Waals surface area contributed by atoms with Crippen molar-refractivity contribution in [1.82, 2.24) is 5.32 Å². The number of ether oxygens (including phenoxy) is 1. The minimum Gasteiger partial charge on any atom is -0.377 e. The van der Waals surface area contributed by atoms with Crippen molar-refractivity contribution in [3.8, 4) is 0 Å². The molecule has 2 nitrogen and oxygen atoms in total. The zero-order valence-corrected chi connectivity index (χ0v) is 13.5. The molecule has 112 valence electrons. The molecule has 0 spiro atoms. The molecule has 1 fully saturated rings. The maximum Gasteiger partial charge on any atom is 0.0666 e. The van der Waals surface area contributed by atoms with E-state index in [-0.39, 0.29) is 0 Å². The van der Waals surface area contributed by atoms with Crippen LogP contribution in [0.2, 0.25) is 0 Å². The lowest BCUT2D eigenvalue weighted by Gasteiger charge is -2.28. The predicted molar refractivity (Wildman–Crippen MR) is 88.4 cm³/mol. The fourth-order valence-corrected chi connectivity index (χ4v) is 4.21. The molecule has 3 unspecified atom stereocenters. The Labute approximate surface area is 127 Å². The van der Waals surface area contributed by atoms with Crippen LogP contribution in [0.15, 0.2) is 30.3 Å². The third-order valence-corrected chi connectivity index (χ3v) is 5.47. The van der Waals surface area contributed by atoms with E-state index >= 15 is 0 Å². The van der Waals surface area contributed by atoms with Gasteiger partial charge in [-0.2, -0.15) is 11.8 Å². The first kappa shape index (κ1) is 15.9. The molecule has 20 heavy (non-hydrogen) atoms. The molecule has 1 aliphatic rings. The number of thioether (sulfide) groups is 1. The lowest BCUT2D eigenvalue weighted by Crippen LogP contribution is -2.30. The van der Waals surface area contributed by atoms with Gasteiger partial charge in [0.05, 0.1) is 6.10 Å². The van der Waals surface area contributed by atoms with E-state index in [1.165, 1.54) is 24.8 Å². The molecule has 1 aromatic carbocycles. The maximum absolute atomic E-state index is 5.75. The van der Waals surface area contributed by atoms with Crippen LogP contribution in [0.3, 0.4) is 0 Å². The summed E-state index contributed by atoms with van der Waals surface area (Å²) in [5.74, 6) is 1.13. The van der Waals surface area contributed by atoms with Gasteiger partial charge < -0.3 is 10.1 Å². The van der Waals surface area contributed by atoms with E-state index in [2.05, 4.69) is 61.3 Å². The van der Waals surface area contributed by atoms with E-state index in [0.717, 1.165) is 18.9 Å². The van der Waals surface area contributed by atoms with E-state index in [1.807, 2.05) is 0 Å². The Kier molecular flexibility index (Phi) is 6.91. The smallest absolute Gasteiger partial charge is 0.0666 e. The first-order chi connectivity index (χ1) is 9.85. The van der Waals surface area contributed by atoms with Crippen molar-refractivity contribution < 1.29 is 4.74 Å². The van der Waals surface area contributed by atoms with Gasteiger partial charge >= 0.3 is 0 Å². The second-order valence-corrected chi connectivity index (χ2v) is 6.63. The SMILES string of the molecule is CCNC(c1ccccc1)C(CC)SCC1CCCO1. The van der Waals surface area contributed by atoms with Crippen LogP contribution >= 0.6 is 11.8 Å². The molecule has 0 amide bonds. The van der Waals surface area contributed by atoms with Gasteiger partial charge in [0.1, 0.15) is 0 Å². The molecule has 1 N–H and O–H groups in total. The van der Waals surface area contributed by atoms with Crippen molar-refractivity contribution in [1.29, 1.82) is 0 Å². The van der Waals surface area contributed by atoms with E-state index in [9.17, 15) is 0 Å². The molecule has 0 aromatic heterocycles. The monoisotopic (exact) mass is 293 g/mol. The Hall–Kier alpha value is -0.510. The highest BCUT2D eigenvalue weighted by molar-refractivity contribution is 8.00. The summed E-state index contributed by atoms with van der Waals surface area (Å²) in [4.78, 5) is 0. The molecule has 1 aromatic rings. The summed E-state index contributed by atoms with van der Waals surface area (Å²) in [5, 5.41) is 4.28. The number of nitrogens with one attached hydrogen (secondary N) is 1. The van der Waals surface area contributed by atoms with Crippen LogP contribution < -0.4 is 5.32 Å². The molecule has 1 heterocycles. The molecule has 0 aliphatic carbocycles. The van der Waals surface area contributed by atoms with Crippen molar-refractivity contribution in [3.63, 3.8) is 0 Å².